The van der Waals surface area contributed by atoms with E-state index in [9.17, 15) is 0 Å². The lowest BCUT2D eigenvalue weighted by Gasteiger charge is -2.43. The van der Waals surface area contributed by atoms with Gasteiger partial charge >= 0.3 is 0 Å². The highest BCUT2D eigenvalue weighted by molar-refractivity contribution is 4.93. The van der Waals surface area contributed by atoms with E-state index in [1.165, 1.54) is 38.5 Å². The van der Waals surface area contributed by atoms with Gasteiger partial charge in [0.2, 0.25) is 0 Å². The molecule has 15 heavy (non-hydrogen) atoms. The Hall–Kier alpha value is -0.0800. The Balaban J connectivity index is 2.49. The molecule has 0 aromatic carbocycles. The molecule has 0 radical (unpaired) electrons. The lowest BCUT2D eigenvalue weighted by Crippen LogP contribution is -2.54. The Morgan fingerprint density at radius 1 is 1.20 bits per heavy atom. The molecular formula is C13H28N2. The van der Waals surface area contributed by atoms with Crippen LogP contribution in [-0.2, 0) is 0 Å². The van der Waals surface area contributed by atoms with E-state index in [1.54, 1.807) is 0 Å². The highest BCUT2D eigenvalue weighted by atomic mass is 15.2. The molecule has 1 rings (SSSR count). The zero-order valence-corrected chi connectivity index (χ0v) is 11.0. The fourth-order valence-corrected chi connectivity index (χ4v) is 2.50. The molecule has 1 aliphatic carbocycles. The van der Waals surface area contributed by atoms with E-state index in [0.29, 0.717) is 11.6 Å². The van der Waals surface area contributed by atoms with Gasteiger partial charge in [-0.15, -0.1) is 0 Å². The van der Waals surface area contributed by atoms with Gasteiger partial charge in [-0.25, -0.2) is 0 Å². The lowest BCUT2D eigenvalue weighted by atomic mass is 9.80. The second kappa shape index (κ2) is 5.86. The molecule has 0 aromatic heterocycles. The van der Waals surface area contributed by atoms with Gasteiger partial charge in [-0.3, -0.25) is 0 Å². The number of nitrogens with one attached hydrogen (secondary N) is 1. The topological polar surface area (TPSA) is 15.3 Å². The van der Waals surface area contributed by atoms with Gasteiger partial charge in [0.15, 0.2) is 0 Å². The molecule has 0 bridgehead atoms. The minimum Gasteiger partial charge on any atom is -0.312 e. The summed E-state index contributed by atoms with van der Waals surface area (Å²) in [6.07, 6.45) is 8.19. The molecule has 1 atom stereocenters. The maximum atomic E-state index is 3.68. The quantitative estimate of drug-likeness (QED) is 0.753. The third-order valence-corrected chi connectivity index (χ3v) is 4.12. The lowest BCUT2D eigenvalue weighted by molar-refractivity contribution is 0.0957. The third kappa shape index (κ3) is 3.46. The van der Waals surface area contributed by atoms with Crippen molar-refractivity contribution in [2.75, 3.05) is 20.6 Å². The molecule has 0 aromatic rings. The van der Waals surface area contributed by atoms with Crippen molar-refractivity contribution < 1.29 is 0 Å². The van der Waals surface area contributed by atoms with Gasteiger partial charge in [0, 0.05) is 18.1 Å². The van der Waals surface area contributed by atoms with Crippen LogP contribution in [0.4, 0.5) is 0 Å². The summed E-state index contributed by atoms with van der Waals surface area (Å²) in [5, 5.41) is 3.68. The van der Waals surface area contributed by atoms with Crippen LogP contribution < -0.4 is 5.32 Å². The Morgan fingerprint density at radius 3 is 2.27 bits per heavy atom. The summed E-state index contributed by atoms with van der Waals surface area (Å²) >= 11 is 0. The second-order valence-electron chi connectivity index (χ2n) is 5.37. The van der Waals surface area contributed by atoms with Crippen molar-refractivity contribution in [1.82, 2.24) is 10.2 Å². The van der Waals surface area contributed by atoms with Crippen LogP contribution in [0.3, 0.4) is 0 Å². The summed E-state index contributed by atoms with van der Waals surface area (Å²) in [5.74, 6) is 0. The first-order valence-electron chi connectivity index (χ1n) is 6.51. The summed E-state index contributed by atoms with van der Waals surface area (Å²) in [5.41, 5.74) is 0.432. The smallest absolute Gasteiger partial charge is 0.0327 e. The number of hydrogen-bond donors (Lipinski definition) is 1. The molecule has 2 heteroatoms. The van der Waals surface area contributed by atoms with E-state index in [2.05, 4.69) is 38.2 Å². The van der Waals surface area contributed by atoms with Gasteiger partial charge in [-0.05, 0) is 40.3 Å². The molecule has 0 heterocycles. The molecule has 1 aliphatic rings. The first-order chi connectivity index (χ1) is 7.10. The van der Waals surface area contributed by atoms with Crippen LogP contribution in [0, 0.1) is 0 Å². The standard InChI is InChI=1S/C13H28N2/c1-5-12(2)14-11-13(15(3)4)9-7-6-8-10-13/h12,14H,5-11H2,1-4H3. The Bertz CT molecular complexity index is 171. The maximum Gasteiger partial charge on any atom is 0.0327 e. The number of nitrogens with zero attached hydrogens (tertiary/aromatic N) is 1. The zero-order chi connectivity index (χ0) is 11.3. The first-order valence-corrected chi connectivity index (χ1v) is 6.51. The SMILES string of the molecule is CCC(C)NCC1(N(C)C)CCCCC1. The highest BCUT2D eigenvalue weighted by Gasteiger charge is 2.33. The van der Waals surface area contributed by atoms with Gasteiger partial charge in [0.1, 0.15) is 0 Å². The second-order valence-corrected chi connectivity index (χ2v) is 5.37. The Labute approximate surface area is 95.4 Å². The molecule has 90 valence electrons. The molecule has 0 amide bonds. The van der Waals surface area contributed by atoms with Crippen molar-refractivity contribution in [3.63, 3.8) is 0 Å². The van der Waals surface area contributed by atoms with Crippen molar-refractivity contribution in [3.8, 4) is 0 Å². The average Bonchev–Trinajstić information content (AvgIpc) is 2.27. The van der Waals surface area contributed by atoms with E-state index in [0.717, 1.165) is 6.54 Å². The predicted molar refractivity (Wildman–Crippen MR) is 67.3 cm³/mol. The Morgan fingerprint density at radius 2 is 1.80 bits per heavy atom. The van der Waals surface area contributed by atoms with Crippen molar-refractivity contribution >= 4 is 0 Å². The van der Waals surface area contributed by atoms with E-state index < -0.39 is 0 Å². The third-order valence-electron chi connectivity index (χ3n) is 4.12. The van der Waals surface area contributed by atoms with E-state index in [4.69, 9.17) is 0 Å². The van der Waals surface area contributed by atoms with Crippen LogP contribution in [0.5, 0.6) is 0 Å². The van der Waals surface area contributed by atoms with Crippen LogP contribution in [0.2, 0.25) is 0 Å². The average molecular weight is 212 g/mol. The van der Waals surface area contributed by atoms with Gasteiger partial charge in [0.25, 0.3) is 0 Å². The molecule has 1 unspecified atom stereocenters. The molecule has 0 aliphatic heterocycles. The fourth-order valence-electron chi connectivity index (χ4n) is 2.50. The predicted octanol–water partition coefficient (Wildman–Crippen LogP) is 2.64. The number of hydrogen-bond acceptors (Lipinski definition) is 2. The molecular weight excluding hydrogens is 184 g/mol. The molecule has 0 spiro atoms. The van der Waals surface area contributed by atoms with Gasteiger partial charge < -0.3 is 10.2 Å². The number of likely N-dealkylation sites (N-methyl/N-ethyl adjacent to an activating group) is 1. The minimum atomic E-state index is 0.432. The molecule has 1 saturated carbocycles. The van der Waals surface area contributed by atoms with Gasteiger partial charge in [-0.1, -0.05) is 26.2 Å². The van der Waals surface area contributed by atoms with Crippen molar-refractivity contribution in [2.24, 2.45) is 0 Å². The normalized spacial score (nSPS) is 23.0. The largest absolute Gasteiger partial charge is 0.312 e. The summed E-state index contributed by atoms with van der Waals surface area (Å²) in [6, 6.07) is 0.656. The van der Waals surface area contributed by atoms with Gasteiger partial charge in [-0.2, -0.15) is 0 Å². The van der Waals surface area contributed by atoms with Crippen molar-refractivity contribution in [1.29, 1.82) is 0 Å². The van der Waals surface area contributed by atoms with Crippen molar-refractivity contribution in [2.45, 2.75) is 64.0 Å². The highest BCUT2D eigenvalue weighted by Crippen LogP contribution is 2.31. The minimum absolute atomic E-state index is 0.432. The van der Waals surface area contributed by atoms with Crippen LogP contribution in [-0.4, -0.2) is 37.1 Å². The summed E-state index contributed by atoms with van der Waals surface area (Å²) < 4.78 is 0. The van der Waals surface area contributed by atoms with Crippen LogP contribution in [0.1, 0.15) is 52.4 Å². The molecule has 0 saturated heterocycles. The maximum absolute atomic E-state index is 3.68. The van der Waals surface area contributed by atoms with E-state index in [1.807, 2.05) is 0 Å². The fraction of sp³-hybridized carbons (Fsp3) is 1.00. The van der Waals surface area contributed by atoms with Crippen LogP contribution >= 0.6 is 0 Å². The zero-order valence-electron chi connectivity index (χ0n) is 11.0. The summed E-state index contributed by atoms with van der Waals surface area (Å²) in [4.78, 5) is 2.45. The van der Waals surface area contributed by atoms with Crippen LogP contribution in [0.15, 0.2) is 0 Å². The van der Waals surface area contributed by atoms with E-state index in [-0.39, 0.29) is 0 Å². The Kier molecular flexibility index (Phi) is 5.07. The first kappa shape index (κ1) is 13.0. The summed E-state index contributed by atoms with van der Waals surface area (Å²) in [6.45, 7) is 5.70. The van der Waals surface area contributed by atoms with Crippen molar-refractivity contribution in [3.05, 3.63) is 0 Å². The monoisotopic (exact) mass is 212 g/mol. The van der Waals surface area contributed by atoms with E-state index >= 15 is 0 Å². The molecule has 1 fully saturated rings. The summed E-state index contributed by atoms with van der Waals surface area (Å²) in [7, 11) is 4.48. The molecule has 2 nitrogen and oxygen atoms in total. The van der Waals surface area contributed by atoms with Gasteiger partial charge in [0.05, 0.1) is 0 Å². The molecule has 1 N–H and O–H groups in total. The van der Waals surface area contributed by atoms with Crippen LogP contribution in [0.25, 0.3) is 0 Å². The number of rotatable bonds is 5.